The lowest BCUT2D eigenvalue weighted by Gasteiger charge is -2.29. The quantitative estimate of drug-likeness (QED) is 0.470. The van der Waals surface area contributed by atoms with Crippen molar-refractivity contribution in [3.05, 3.63) is 54.6 Å². The van der Waals surface area contributed by atoms with E-state index in [1.54, 1.807) is 0 Å². The van der Waals surface area contributed by atoms with Gasteiger partial charge in [-0.3, -0.25) is 0 Å². The Bertz CT molecular complexity index is 430. The number of unbranched alkanes of at least 4 members (excludes halogenated alkanes) is 1. The zero-order valence-corrected chi connectivity index (χ0v) is 14.1. The maximum Gasteiger partial charge on any atom is 0.0369 e. The van der Waals surface area contributed by atoms with E-state index in [9.17, 15) is 0 Å². The lowest BCUT2D eigenvalue weighted by molar-refractivity contribution is 0.345. The molecule has 116 valence electrons. The molecule has 0 bridgehead atoms. The van der Waals surface area contributed by atoms with Crippen LogP contribution < -0.4 is 0 Å². The number of benzene rings is 1. The lowest BCUT2D eigenvalue weighted by atomic mass is 10.0. The van der Waals surface area contributed by atoms with Gasteiger partial charge in [0.25, 0.3) is 0 Å². The summed E-state index contributed by atoms with van der Waals surface area (Å²) < 4.78 is 0. The van der Waals surface area contributed by atoms with Gasteiger partial charge in [-0.05, 0) is 44.6 Å². The van der Waals surface area contributed by atoms with Crippen LogP contribution in [0.4, 0.5) is 0 Å². The first kappa shape index (κ1) is 17.6. The van der Waals surface area contributed by atoms with E-state index in [-0.39, 0.29) is 0 Å². The fourth-order valence-corrected chi connectivity index (χ4v) is 2.90. The van der Waals surface area contributed by atoms with Crippen LogP contribution in [0.5, 0.6) is 0 Å². The second-order valence-electron chi connectivity index (χ2n) is 5.52. The maximum absolute atomic E-state index is 4.32. The highest BCUT2D eigenvalue weighted by atomic mass is 15.2. The summed E-state index contributed by atoms with van der Waals surface area (Å²) in [6.45, 7) is 15.4. The van der Waals surface area contributed by atoms with Gasteiger partial charge in [0.05, 0.1) is 0 Å². The minimum atomic E-state index is 0.675. The standard InChI is InChI=1S/C18H25N.C2H6/c1-4-5-6-8-18-9-7-14-19(18)16(3)17-12-10-15(2)11-13-17;1-2/h4,10-13,18H,1,3,5-9,14H2,2H3;1-2H3. The molecule has 1 aliphatic heterocycles. The van der Waals surface area contributed by atoms with Crippen molar-refractivity contribution in [2.75, 3.05) is 6.54 Å². The summed E-state index contributed by atoms with van der Waals surface area (Å²) in [7, 11) is 0. The van der Waals surface area contributed by atoms with E-state index in [1.807, 2.05) is 19.9 Å². The normalized spacial score (nSPS) is 17.1. The minimum absolute atomic E-state index is 0.675. The molecular formula is C20H31N. The van der Waals surface area contributed by atoms with Crippen molar-refractivity contribution in [1.82, 2.24) is 4.90 Å². The zero-order valence-electron chi connectivity index (χ0n) is 14.1. The Morgan fingerprint density at radius 3 is 2.57 bits per heavy atom. The summed E-state index contributed by atoms with van der Waals surface area (Å²) in [5.74, 6) is 0. The van der Waals surface area contributed by atoms with E-state index in [4.69, 9.17) is 0 Å². The Labute approximate surface area is 131 Å². The fraction of sp³-hybridized carbons (Fsp3) is 0.500. The first-order valence-electron chi connectivity index (χ1n) is 8.36. The molecule has 0 aromatic heterocycles. The van der Waals surface area contributed by atoms with Gasteiger partial charge in [-0.2, -0.15) is 0 Å². The SMILES string of the molecule is C=CCCCC1CCCN1C(=C)c1ccc(C)cc1.CC. The number of aryl methyl sites for hydroxylation is 1. The molecule has 0 saturated carbocycles. The third kappa shape index (κ3) is 5.08. The number of hydrogen-bond acceptors (Lipinski definition) is 1. The molecule has 1 heteroatoms. The predicted octanol–water partition coefficient (Wildman–Crippen LogP) is 5.81. The Hall–Kier alpha value is -1.50. The maximum atomic E-state index is 4.32. The van der Waals surface area contributed by atoms with Crippen LogP contribution in [-0.2, 0) is 0 Å². The summed E-state index contributed by atoms with van der Waals surface area (Å²) in [6, 6.07) is 9.40. The largest absolute Gasteiger partial charge is 0.369 e. The summed E-state index contributed by atoms with van der Waals surface area (Å²) in [6.07, 6.45) is 8.25. The highest BCUT2D eigenvalue weighted by Gasteiger charge is 2.25. The molecule has 1 fully saturated rings. The van der Waals surface area contributed by atoms with Crippen LogP contribution in [0, 0.1) is 6.92 Å². The molecule has 1 aliphatic rings. The molecule has 0 amide bonds. The van der Waals surface area contributed by atoms with Gasteiger partial charge in [-0.1, -0.05) is 56.3 Å². The summed E-state index contributed by atoms with van der Waals surface area (Å²) in [5.41, 5.74) is 3.77. The second kappa shape index (κ2) is 9.44. The second-order valence-corrected chi connectivity index (χ2v) is 5.52. The Morgan fingerprint density at radius 2 is 1.95 bits per heavy atom. The molecule has 1 aromatic carbocycles. The van der Waals surface area contributed by atoms with Crippen molar-refractivity contribution >= 4 is 5.70 Å². The predicted molar refractivity (Wildman–Crippen MR) is 95.3 cm³/mol. The molecular weight excluding hydrogens is 254 g/mol. The molecule has 1 unspecified atom stereocenters. The van der Waals surface area contributed by atoms with Crippen molar-refractivity contribution in [2.24, 2.45) is 0 Å². The van der Waals surface area contributed by atoms with Crippen molar-refractivity contribution in [3.8, 4) is 0 Å². The van der Waals surface area contributed by atoms with E-state index in [1.165, 1.54) is 42.5 Å². The van der Waals surface area contributed by atoms with Crippen molar-refractivity contribution in [2.45, 2.75) is 58.9 Å². The lowest BCUT2D eigenvalue weighted by Crippen LogP contribution is -2.27. The molecule has 1 aromatic rings. The van der Waals surface area contributed by atoms with Gasteiger partial charge >= 0.3 is 0 Å². The third-order valence-electron chi connectivity index (χ3n) is 4.05. The van der Waals surface area contributed by atoms with Crippen molar-refractivity contribution in [3.63, 3.8) is 0 Å². The number of rotatable bonds is 6. The molecule has 1 atom stereocenters. The topological polar surface area (TPSA) is 3.24 Å². The third-order valence-corrected chi connectivity index (χ3v) is 4.05. The molecule has 1 nitrogen and oxygen atoms in total. The van der Waals surface area contributed by atoms with E-state index >= 15 is 0 Å². The van der Waals surface area contributed by atoms with Crippen LogP contribution in [0.2, 0.25) is 0 Å². The van der Waals surface area contributed by atoms with Crippen LogP contribution >= 0.6 is 0 Å². The monoisotopic (exact) mass is 285 g/mol. The van der Waals surface area contributed by atoms with Gasteiger partial charge in [0.1, 0.15) is 0 Å². The average molecular weight is 285 g/mol. The molecule has 1 heterocycles. The van der Waals surface area contributed by atoms with Gasteiger partial charge in [0.2, 0.25) is 0 Å². The van der Waals surface area contributed by atoms with Crippen LogP contribution in [-0.4, -0.2) is 17.5 Å². The molecule has 1 saturated heterocycles. The minimum Gasteiger partial charge on any atom is -0.369 e. The van der Waals surface area contributed by atoms with Crippen molar-refractivity contribution in [1.29, 1.82) is 0 Å². The number of hydrogen-bond donors (Lipinski definition) is 0. The Morgan fingerprint density at radius 1 is 1.29 bits per heavy atom. The van der Waals surface area contributed by atoms with Gasteiger partial charge in [0.15, 0.2) is 0 Å². The van der Waals surface area contributed by atoms with Crippen LogP contribution in [0.25, 0.3) is 5.70 Å². The Balaban J connectivity index is 0.00000106. The Kier molecular flexibility index (Phi) is 7.89. The summed E-state index contributed by atoms with van der Waals surface area (Å²) in [5, 5.41) is 0. The number of likely N-dealkylation sites (tertiary alicyclic amines) is 1. The van der Waals surface area contributed by atoms with Crippen LogP contribution in [0.15, 0.2) is 43.5 Å². The van der Waals surface area contributed by atoms with Crippen LogP contribution in [0.3, 0.4) is 0 Å². The first-order valence-corrected chi connectivity index (χ1v) is 8.36. The van der Waals surface area contributed by atoms with E-state index in [0.717, 1.165) is 13.0 Å². The first-order chi connectivity index (χ1) is 10.2. The number of nitrogens with zero attached hydrogens (tertiary/aromatic N) is 1. The fourth-order valence-electron chi connectivity index (χ4n) is 2.90. The molecule has 0 aliphatic carbocycles. The van der Waals surface area contributed by atoms with E-state index in [2.05, 4.69) is 49.2 Å². The molecule has 0 N–H and O–H groups in total. The molecule has 0 spiro atoms. The highest BCUT2D eigenvalue weighted by molar-refractivity contribution is 5.62. The average Bonchev–Trinajstić information content (AvgIpc) is 2.98. The van der Waals surface area contributed by atoms with Crippen LogP contribution in [0.1, 0.15) is 57.1 Å². The van der Waals surface area contributed by atoms with Gasteiger partial charge < -0.3 is 4.90 Å². The highest BCUT2D eigenvalue weighted by Crippen LogP contribution is 2.30. The van der Waals surface area contributed by atoms with Gasteiger partial charge in [0, 0.05) is 18.3 Å². The molecule has 21 heavy (non-hydrogen) atoms. The number of allylic oxidation sites excluding steroid dienone is 1. The van der Waals surface area contributed by atoms with Gasteiger partial charge in [-0.15, -0.1) is 6.58 Å². The van der Waals surface area contributed by atoms with Crippen molar-refractivity contribution < 1.29 is 0 Å². The zero-order chi connectivity index (χ0) is 15.7. The smallest absolute Gasteiger partial charge is 0.0369 e. The van der Waals surface area contributed by atoms with E-state index < -0.39 is 0 Å². The molecule has 2 rings (SSSR count). The van der Waals surface area contributed by atoms with Gasteiger partial charge in [-0.25, -0.2) is 0 Å². The summed E-state index contributed by atoms with van der Waals surface area (Å²) >= 11 is 0. The summed E-state index contributed by atoms with van der Waals surface area (Å²) in [4.78, 5) is 2.51. The van der Waals surface area contributed by atoms with E-state index in [0.29, 0.717) is 6.04 Å². The molecule has 0 radical (unpaired) electrons.